The van der Waals surface area contributed by atoms with Crippen LogP contribution in [0.1, 0.15) is 17.3 Å². The summed E-state index contributed by atoms with van der Waals surface area (Å²) < 4.78 is 5.18. The lowest BCUT2D eigenvalue weighted by Crippen LogP contribution is -2.36. The van der Waals surface area contributed by atoms with Crippen molar-refractivity contribution in [2.24, 2.45) is 11.3 Å². The van der Waals surface area contributed by atoms with Gasteiger partial charge in [0.25, 0.3) is 5.91 Å². The number of benzene rings is 1. The summed E-state index contributed by atoms with van der Waals surface area (Å²) in [6.45, 7) is 5.68. The maximum absolute atomic E-state index is 13.0. The smallest absolute Gasteiger partial charge is 0.259 e. The number of carbonyl (C=O) groups excluding carboxylic acids is 1. The molecule has 0 unspecified atom stereocenters. The van der Waals surface area contributed by atoms with E-state index in [1.165, 1.54) is 6.20 Å². The van der Waals surface area contributed by atoms with Crippen molar-refractivity contribution >= 4 is 16.8 Å². The van der Waals surface area contributed by atoms with Gasteiger partial charge < -0.3 is 19.5 Å². The van der Waals surface area contributed by atoms with E-state index in [-0.39, 0.29) is 22.3 Å². The van der Waals surface area contributed by atoms with Crippen LogP contribution in [0, 0.1) is 11.3 Å². The van der Waals surface area contributed by atoms with Gasteiger partial charge in [-0.1, -0.05) is 6.92 Å². The van der Waals surface area contributed by atoms with E-state index in [0.717, 1.165) is 19.6 Å². The number of fused-ring (bicyclic) bond motifs is 2. The van der Waals surface area contributed by atoms with Crippen molar-refractivity contribution in [1.82, 2.24) is 14.8 Å². The molecule has 3 heterocycles. The number of rotatable bonds is 2. The summed E-state index contributed by atoms with van der Waals surface area (Å²) in [5.41, 5.74) is 0.796. The molecular formula is C19H23N3O3. The van der Waals surface area contributed by atoms with Crippen molar-refractivity contribution in [3.63, 3.8) is 0 Å². The van der Waals surface area contributed by atoms with Gasteiger partial charge in [0.2, 0.25) is 5.43 Å². The normalized spacial score (nSPS) is 26.2. The first-order valence-corrected chi connectivity index (χ1v) is 8.58. The second kappa shape index (κ2) is 5.59. The van der Waals surface area contributed by atoms with Gasteiger partial charge in [0.1, 0.15) is 11.3 Å². The quantitative estimate of drug-likeness (QED) is 0.900. The first kappa shape index (κ1) is 16.1. The number of ether oxygens (including phenoxy) is 1. The predicted molar refractivity (Wildman–Crippen MR) is 96.1 cm³/mol. The number of aromatic nitrogens is 1. The molecule has 1 aromatic heterocycles. The van der Waals surface area contributed by atoms with E-state index in [9.17, 15) is 9.59 Å². The Kier molecular flexibility index (Phi) is 3.61. The Hall–Kier alpha value is -2.34. The van der Waals surface area contributed by atoms with Crippen LogP contribution in [0.4, 0.5) is 0 Å². The van der Waals surface area contributed by atoms with Gasteiger partial charge in [0.05, 0.1) is 12.6 Å². The molecule has 2 aromatic rings. The van der Waals surface area contributed by atoms with Gasteiger partial charge in [0, 0.05) is 49.2 Å². The van der Waals surface area contributed by atoms with Crippen molar-refractivity contribution in [2.45, 2.75) is 6.92 Å². The lowest BCUT2D eigenvalue weighted by molar-refractivity contribution is 0.0764. The second-order valence-electron chi connectivity index (χ2n) is 7.68. The van der Waals surface area contributed by atoms with Crippen LogP contribution in [0.15, 0.2) is 29.2 Å². The summed E-state index contributed by atoms with van der Waals surface area (Å²) in [6, 6.07) is 5.21. The van der Waals surface area contributed by atoms with Crippen molar-refractivity contribution in [3.8, 4) is 5.75 Å². The molecule has 132 valence electrons. The number of H-pyrrole nitrogens is 1. The van der Waals surface area contributed by atoms with Crippen LogP contribution in [-0.4, -0.2) is 61.0 Å². The predicted octanol–water partition coefficient (Wildman–Crippen LogP) is 1.56. The van der Waals surface area contributed by atoms with Gasteiger partial charge in [-0.15, -0.1) is 0 Å². The lowest BCUT2D eigenvalue weighted by atomic mass is 9.83. The average Bonchev–Trinajstić information content (AvgIpc) is 3.04. The highest BCUT2D eigenvalue weighted by Crippen LogP contribution is 2.41. The number of hydrogen-bond acceptors (Lipinski definition) is 4. The number of nitrogens with one attached hydrogen (secondary N) is 1. The number of nitrogens with zero attached hydrogens (tertiary/aromatic N) is 2. The number of aromatic amines is 1. The summed E-state index contributed by atoms with van der Waals surface area (Å²) in [7, 11) is 3.71. The highest BCUT2D eigenvalue weighted by atomic mass is 16.5. The van der Waals surface area contributed by atoms with E-state index >= 15 is 0 Å². The number of likely N-dealkylation sites (tertiary alicyclic amines) is 2. The first-order valence-electron chi connectivity index (χ1n) is 8.58. The van der Waals surface area contributed by atoms with E-state index in [1.54, 1.807) is 25.3 Å². The summed E-state index contributed by atoms with van der Waals surface area (Å²) in [6.07, 6.45) is 1.54. The van der Waals surface area contributed by atoms with E-state index < -0.39 is 0 Å². The zero-order chi connectivity index (χ0) is 17.8. The van der Waals surface area contributed by atoms with Crippen LogP contribution in [0.2, 0.25) is 0 Å². The molecule has 2 aliphatic rings. The zero-order valence-corrected chi connectivity index (χ0v) is 14.8. The van der Waals surface area contributed by atoms with Gasteiger partial charge in [-0.2, -0.15) is 0 Å². The minimum absolute atomic E-state index is 0.126. The van der Waals surface area contributed by atoms with E-state index in [1.807, 2.05) is 4.90 Å². The molecule has 2 aliphatic heterocycles. The molecule has 0 saturated carbocycles. The minimum atomic E-state index is -0.222. The monoisotopic (exact) mass is 341 g/mol. The Morgan fingerprint density at radius 1 is 1.32 bits per heavy atom. The molecule has 0 spiro atoms. The lowest BCUT2D eigenvalue weighted by Gasteiger charge is -2.23. The Bertz CT molecular complexity index is 906. The number of hydrogen-bond donors (Lipinski definition) is 1. The van der Waals surface area contributed by atoms with Gasteiger partial charge >= 0.3 is 0 Å². The highest BCUT2D eigenvalue weighted by molar-refractivity contribution is 5.97. The molecule has 6 heteroatoms. The van der Waals surface area contributed by atoms with Crippen LogP contribution in [0.25, 0.3) is 10.9 Å². The van der Waals surface area contributed by atoms with Crippen LogP contribution in [-0.2, 0) is 0 Å². The highest BCUT2D eigenvalue weighted by Gasteiger charge is 2.49. The molecule has 1 aromatic carbocycles. The Morgan fingerprint density at radius 3 is 2.84 bits per heavy atom. The van der Waals surface area contributed by atoms with Crippen LogP contribution in [0.3, 0.4) is 0 Å². The second-order valence-corrected chi connectivity index (χ2v) is 7.68. The first-order chi connectivity index (χ1) is 11.9. The molecule has 2 fully saturated rings. The topological polar surface area (TPSA) is 65.6 Å². The third kappa shape index (κ3) is 2.52. The molecule has 0 radical (unpaired) electrons. The fraction of sp³-hybridized carbons (Fsp3) is 0.474. The number of methoxy groups -OCH3 is 1. The largest absolute Gasteiger partial charge is 0.497 e. The summed E-state index contributed by atoms with van der Waals surface area (Å²) in [5.74, 6) is 0.981. The van der Waals surface area contributed by atoms with E-state index in [4.69, 9.17) is 4.74 Å². The van der Waals surface area contributed by atoms with Crippen molar-refractivity contribution < 1.29 is 9.53 Å². The number of amides is 1. The van der Waals surface area contributed by atoms with Crippen molar-refractivity contribution in [2.75, 3.05) is 40.3 Å². The Balaban J connectivity index is 1.65. The molecule has 0 aliphatic carbocycles. The molecule has 25 heavy (non-hydrogen) atoms. The molecular weight excluding hydrogens is 318 g/mol. The van der Waals surface area contributed by atoms with Crippen molar-refractivity contribution in [1.29, 1.82) is 0 Å². The number of carbonyl (C=O) groups is 1. The molecule has 6 nitrogen and oxygen atoms in total. The van der Waals surface area contributed by atoms with Gasteiger partial charge in [-0.3, -0.25) is 9.59 Å². The average molecular weight is 341 g/mol. The maximum Gasteiger partial charge on any atom is 0.259 e. The number of pyridine rings is 1. The summed E-state index contributed by atoms with van der Waals surface area (Å²) in [4.78, 5) is 33.0. The SMILES string of the molecule is COc1ccc2c(=O)c(C(=O)N3C[C@@H]4CN(C)C[C@]4(C)C3)c[nH]c2c1. The van der Waals surface area contributed by atoms with Crippen LogP contribution >= 0.6 is 0 Å². The maximum atomic E-state index is 13.0. The fourth-order valence-electron chi connectivity index (χ4n) is 4.44. The third-order valence-electron chi connectivity index (χ3n) is 5.75. The molecule has 1 N–H and O–H groups in total. The van der Waals surface area contributed by atoms with E-state index in [0.29, 0.717) is 29.1 Å². The Morgan fingerprint density at radius 2 is 2.12 bits per heavy atom. The minimum Gasteiger partial charge on any atom is -0.497 e. The fourth-order valence-corrected chi connectivity index (χ4v) is 4.44. The van der Waals surface area contributed by atoms with Gasteiger partial charge in [-0.25, -0.2) is 0 Å². The standard InChI is InChI=1S/C19H23N3O3/c1-19-10-21(2)8-12(19)9-22(11-19)18(24)15-7-20-16-6-13(25-3)4-5-14(16)17(15)23/h4-7,12H,8-11H2,1-3H3,(H,20,23)/t12-,19+/m0/s1. The zero-order valence-electron chi connectivity index (χ0n) is 14.8. The molecule has 2 saturated heterocycles. The molecule has 0 bridgehead atoms. The Labute approximate surface area is 146 Å². The third-order valence-corrected chi connectivity index (χ3v) is 5.75. The van der Waals surface area contributed by atoms with E-state index in [2.05, 4.69) is 23.9 Å². The summed E-state index contributed by atoms with van der Waals surface area (Å²) >= 11 is 0. The van der Waals surface area contributed by atoms with Gasteiger partial charge in [-0.05, 0) is 25.1 Å². The summed E-state index contributed by atoms with van der Waals surface area (Å²) in [5, 5.41) is 0.511. The molecule has 2 atom stereocenters. The molecule has 4 rings (SSSR count). The molecule has 1 amide bonds. The van der Waals surface area contributed by atoms with Crippen molar-refractivity contribution in [3.05, 3.63) is 40.2 Å². The van der Waals surface area contributed by atoms with Gasteiger partial charge in [0.15, 0.2) is 0 Å². The van der Waals surface area contributed by atoms with Crippen LogP contribution in [0.5, 0.6) is 5.75 Å². The van der Waals surface area contributed by atoms with Crippen LogP contribution < -0.4 is 10.2 Å².